The Morgan fingerprint density at radius 3 is 2.38 bits per heavy atom. The molecular weight excluding hydrogens is 667 g/mol. The molecule has 2 aliphatic heterocycles. The SMILES string of the molecule is CCc1cc(Nc2ncc(Br)c(Nc3ccc4nccnc4c3P(C)(C)=S)n2)c(OC)cc1N1CCC2(CCN(C)CC2)CC1. The Labute approximate surface area is 279 Å². The highest BCUT2D eigenvalue weighted by Gasteiger charge is 2.37. The zero-order valence-electron chi connectivity index (χ0n) is 26.7. The minimum Gasteiger partial charge on any atom is -0.494 e. The number of likely N-dealkylation sites (tertiary alicyclic amines) is 1. The average molecular weight is 710 g/mol. The van der Waals surface area contributed by atoms with Crippen LogP contribution >= 0.6 is 22.0 Å². The van der Waals surface area contributed by atoms with Crippen molar-refractivity contribution in [2.75, 3.05) is 69.2 Å². The van der Waals surface area contributed by atoms with Crippen molar-refractivity contribution in [2.45, 2.75) is 39.0 Å². The third-order valence-corrected chi connectivity index (χ3v) is 12.0. The molecule has 45 heavy (non-hydrogen) atoms. The minimum atomic E-state index is -1.90. The van der Waals surface area contributed by atoms with Crippen molar-refractivity contribution in [3.8, 4) is 5.75 Å². The Bertz CT molecular complexity index is 1750. The highest BCUT2D eigenvalue weighted by atomic mass is 79.9. The molecular formula is C33H42BrN8OPS. The van der Waals surface area contributed by atoms with Crippen molar-refractivity contribution in [1.82, 2.24) is 24.8 Å². The van der Waals surface area contributed by atoms with Crippen molar-refractivity contribution in [2.24, 2.45) is 5.41 Å². The highest BCUT2D eigenvalue weighted by Crippen LogP contribution is 2.44. The zero-order valence-corrected chi connectivity index (χ0v) is 30.0. The number of piperidine rings is 2. The van der Waals surface area contributed by atoms with E-state index in [2.05, 4.69) is 90.7 Å². The van der Waals surface area contributed by atoms with Crippen LogP contribution in [0.1, 0.15) is 38.2 Å². The third-order valence-electron chi connectivity index (χ3n) is 9.39. The second kappa shape index (κ2) is 13.1. The van der Waals surface area contributed by atoms with Gasteiger partial charge in [0.2, 0.25) is 5.95 Å². The van der Waals surface area contributed by atoms with Crippen LogP contribution < -0.4 is 25.6 Å². The van der Waals surface area contributed by atoms with E-state index < -0.39 is 6.04 Å². The molecule has 2 fully saturated rings. The van der Waals surface area contributed by atoms with Crippen LogP contribution in [0.3, 0.4) is 0 Å². The maximum atomic E-state index is 6.00. The van der Waals surface area contributed by atoms with Crippen molar-refractivity contribution < 1.29 is 4.74 Å². The van der Waals surface area contributed by atoms with Gasteiger partial charge in [0.25, 0.3) is 0 Å². The number of ether oxygens (including phenoxy) is 1. The molecule has 0 aliphatic carbocycles. The van der Waals surface area contributed by atoms with E-state index in [0.29, 0.717) is 17.2 Å². The number of nitrogens with one attached hydrogen (secondary N) is 2. The summed E-state index contributed by atoms with van der Waals surface area (Å²) in [5.41, 5.74) is 6.43. The lowest BCUT2D eigenvalue weighted by molar-refractivity contribution is 0.0944. The predicted molar refractivity (Wildman–Crippen MR) is 195 cm³/mol. The molecule has 0 radical (unpaired) electrons. The number of nitrogens with zero attached hydrogens (tertiary/aromatic N) is 6. The molecule has 4 heterocycles. The number of methoxy groups -OCH3 is 1. The molecule has 0 unspecified atom stereocenters. The fourth-order valence-electron chi connectivity index (χ4n) is 6.70. The summed E-state index contributed by atoms with van der Waals surface area (Å²) >= 11 is 9.64. The van der Waals surface area contributed by atoms with Gasteiger partial charge in [0.15, 0.2) is 0 Å². The molecule has 2 aromatic carbocycles. The van der Waals surface area contributed by atoms with Gasteiger partial charge in [-0.3, -0.25) is 9.97 Å². The number of aromatic nitrogens is 4. The van der Waals surface area contributed by atoms with Crippen LogP contribution in [0, 0.1) is 5.41 Å². The Balaban J connectivity index is 1.25. The number of fused-ring (bicyclic) bond motifs is 1. The molecule has 9 nitrogen and oxygen atoms in total. The summed E-state index contributed by atoms with van der Waals surface area (Å²) in [5, 5.41) is 7.96. The largest absolute Gasteiger partial charge is 0.494 e. The first-order chi connectivity index (χ1) is 21.6. The van der Waals surface area contributed by atoms with Gasteiger partial charge in [-0.2, -0.15) is 4.98 Å². The third kappa shape index (κ3) is 6.82. The van der Waals surface area contributed by atoms with E-state index in [-0.39, 0.29) is 0 Å². The van der Waals surface area contributed by atoms with Crippen molar-refractivity contribution in [1.29, 1.82) is 0 Å². The molecule has 0 saturated carbocycles. The van der Waals surface area contributed by atoms with Crippen LogP contribution in [-0.4, -0.2) is 78.5 Å². The summed E-state index contributed by atoms with van der Waals surface area (Å²) in [4.78, 5) is 23.6. The molecule has 2 aromatic heterocycles. The van der Waals surface area contributed by atoms with E-state index >= 15 is 0 Å². The second-order valence-electron chi connectivity index (χ2n) is 12.7. The van der Waals surface area contributed by atoms with Crippen LogP contribution in [0.4, 0.5) is 28.8 Å². The van der Waals surface area contributed by atoms with Gasteiger partial charge in [-0.15, -0.1) is 0 Å². The lowest BCUT2D eigenvalue weighted by atomic mass is 9.71. The van der Waals surface area contributed by atoms with E-state index in [1.165, 1.54) is 50.0 Å². The van der Waals surface area contributed by atoms with Crippen LogP contribution in [0.5, 0.6) is 5.75 Å². The summed E-state index contributed by atoms with van der Waals surface area (Å²) in [6, 6.07) is 6.44. The molecule has 4 aromatic rings. The molecule has 2 N–H and O–H groups in total. The van der Waals surface area contributed by atoms with Gasteiger partial charge in [-0.25, -0.2) is 4.98 Å². The molecule has 2 aliphatic rings. The van der Waals surface area contributed by atoms with Crippen molar-refractivity contribution in [3.05, 3.63) is 52.9 Å². The quantitative estimate of drug-likeness (QED) is 0.188. The predicted octanol–water partition coefficient (Wildman–Crippen LogP) is 6.92. The normalized spacial score (nSPS) is 17.1. The number of hydrogen-bond donors (Lipinski definition) is 2. The fourth-order valence-corrected chi connectivity index (χ4v) is 8.94. The Morgan fingerprint density at radius 2 is 1.69 bits per heavy atom. The Morgan fingerprint density at radius 1 is 0.978 bits per heavy atom. The second-order valence-corrected chi connectivity index (χ2v) is 19.4. The maximum Gasteiger partial charge on any atom is 0.229 e. The van der Waals surface area contributed by atoms with Gasteiger partial charge in [0.1, 0.15) is 11.6 Å². The van der Waals surface area contributed by atoms with E-state index in [0.717, 1.165) is 57.4 Å². The highest BCUT2D eigenvalue weighted by molar-refractivity contribution is 9.10. The Kier molecular flexibility index (Phi) is 9.35. The van der Waals surface area contributed by atoms with Crippen LogP contribution in [-0.2, 0) is 18.2 Å². The molecule has 6 rings (SSSR count). The number of aryl methyl sites for hydroxylation is 1. The van der Waals surface area contributed by atoms with Gasteiger partial charge >= 0.3 is 0 Å². The smallest absolute Gasteiger partial charge is 0.229 e. The topological polar surface area (TPSA) is 91.3 Å². The van der Waals surface area contributed by atoms with Crippen molar-refractivity contribution in [3.63, 3.8) is 0 Å². The molecule has 0 amide bonds. The number of benzene rings is 2. The first-order valence-corrected chi connectivity index (χ1v) is 20.1. The summed E-state index contributed by atoms with van der Waals surface area (Å²) in [5.74, 6) is 1.87. The van der Waals surface area contributed by atoms with E-state index in [1.54, 1.807) is 25.7 Å². The van der Waals surface area contributed by atoms with Crippen LogP contribution in [0.15, 0.2) is 47.3 Å². The first-order valence-electron chi connectivity index (χ1n) is 15.6. The van der Waals surface area contributed by atoms with Gasteiger partial charge in [-0.1, -0.05) is 18.7 Å². The summed E-state index contributed by atoms with van der Waals surface area (Å²) in [6.07, 6.45) is 11.2. The summed E-state index contributed by atoms with van der Waals surface area (Å²) in [6.45, 7) is 11.0. The fraction of sp³-hybridized carbons (Fsp3) is 0.455. The zero-order chi connectivity index (χ0) is 31.8. The van der Waals surface area contributed by atoms with E-state index in [4.69, 9.17) is 21.5 Å². The minimum absolute atomic E-state index is 0.463. The van der Waals surface area contributed by atoms with Crippen LogP contribution in [0.2, 0.25) is 0 Å². The van der Waals surface area contributed by atoms with Gasteiger partial charge in [0.05, 0.1) is 34.0 Å². The summed E-state index contributed by atoms with van der Waals surface area (Å²) < 4.78 is 6.66. The van der Waals surface area contributed by atoms with E-state index in [1.807, 2.05) is 12.1 Å². The molecule has 238 valence electrons. The molecule has 2 saturated heterocycles. The standard InChI is InChI=1S/C33H42BrN8OPS/c1-6-22-19-26(28(43-3)20-27(22)42-17-11-33(12-18-42)9-15-41(2)16-10-33)39-32-37-21-23(34)31(40-32)38-25-8-7-24-29(36-14-13-35-24)30(25)44(4,5)45/h7-8,13-14,19-21H,6,9-12,15-18H2,1-5H3,(H2,37,38,39,40). The monoisotopic (exact) mass is 708 g/mol. The summed E-state index contributed by atoms with van der Waals surface area (Å²) in [7, 11) is 3.97. The lowest BCUT2D eigenvalue weighted by Crippen LogP contribution is -2.46. The lowest BCUT2D eigenvalue weighted by Gasteiger charge is -2.47. The van der Waals surface area contributed by atoms with Gasteiger partial charge < -0.3 is 25.2 Å². The number of anilines is 5. The molecule has 1 spiro atoms. The molecule has 0 atom stereocenters. The number of rotatable bonds is 8. The van der Waals surface area contributed by atoms with Crippen LogP contribution in [0.25, 0.3) is 11.0 Å². The Hall–Kier alpha value is -2.85. The van der Waals surface area contributed by atoms with Crippen molar-refractivity contribution >= 4 is 78.9 Å². The molecule has 0 bridgehead atoms. The maximum absolute atomic E-state index is 6.00. The number of halogens is 1. The number of hydrogen-bond acceptors (Lipinski definition) is 10. The molecule has 12 heteroatoms. The van der Waals surface area contributed by atoms with Gasteiger partial charge in [-0.05, 0) is 117 Å². The average Bonchev–Trinajstić information content (AvgIpc) is 3.03. The van der Waals surface area contributed by atoms with E-state index in [9.17, 15) is 0 Å². The first kappa shape index (κ1) is 32.1. The van der Waals surface area contributed by atoms with Gasteiger partial charge in [0, 0.05) is 48.7 Å².